The summed E-state index contributed by atoms with van der Waals surface area (Å²) >= 11 is 0. The second-order valence-electron chi connectivity index (χ2n) is 4.60. The van der Waals surface area contributed by atoms with E-state index in [0.717, 1.165) is 0 Å². The third-order valence-electron chi connectivity index (χ3n) is 3.25. The van der Waals surface area contributed by atoms with E-state index in [-0.39, 0.29) is 29.0 Å². The highest BCUT2D eigenvalue weighted by atomic mass is 16.4. The van der Waals surface area contributed by atoms with Gasteiger partial charge in [-0.25, -0.2) is 4.98 Å². The largest absolute Gasteiger partial charge is 0.481 e. The van der Waals surface area contributed by atoms with Crippen LogP contribution in [0.3, 0.4) is 0 Å². The van der Waals surface area contributed by atoms with Crippen molar-refractivity contribution in [2.24, 2.45) is 5.92 Å². The van der Waals surface area contributed by atoms with Gasteiger partial charge in [0.1, 0.15) is 11.1 Å². The number of aryl methyl sites for hydroxylation is 1. The van der Waals surface area contributed by atoms with Crippen LogP contribution in [0.15, 0.2) is 15.5 Å². The molecular formula is C13H15N3O5. The van der Waals surface area contributed by atoms with Crippen LogP contribution in [0.2, 0.25) is 0 Å². The van der Waals surface area contributed by atoms with Crippen LogP contribution >= 0.6 is 0 Å². The molecule has 1 amide bonds. The summed E-state index contributed by atoms with van der Waals surface area (Å²) in [6, 6.07) is 0. The third-order valence-corrected chi connectivity index (χ3v) is 3.25. The van der Waals surface area contributed by atoms with Crippen molar-refractivity contribution in [3.63, 3.8) is 0 Å². The lowest BCUT2D eigenvalue weighted by atomic mass is 10.1. The number of rotatable bonds is 5. The number of carboxylic acids is 1. The average Bonchev–Trinajstić information content (AvgIpc) is 2.76. The number of aromatic nitrogens is 2. The summed E-state index contributed by atoms with van der Waals surface area (Å²) in [5.41, 5.74) is -0.321. The maximum Gasteiger partial charge on any atom is 0.308 e. The van der Waals surface area contributed by atoms with Crippen LogP contribution in [0.1, 0.15) is 29.5 Å². The van der Waals surface area contributed by atoms with E-state index in [0.29, 0.717) is 6.42 Å². The molecule has 112 valence electrons. The first-order chi connectivity index (χ1) is 9.95. The number of carbonyl (C=O) groups excluding carboxylic acids is 1. The van der Waals surface area contributed by atoms with Crippen LogP contribution in [0.5, 0.6) is 0 Å². The summed E-state index contributed by atoms with van der Waals surface area (Å²) in [4.78, 5) is 41.1. The zero-order valence-corrected chi connectivity index (χ0v) is 11.6. The number of carboxylic acid groups (broad SMARTS) is 1. The van der Waals surface area contributed by atoms with Gasteiger partial charge in [0, 0.05) is 6.54 Å². The SMILES string of the molecule is CCC(CNC(=O)c1c(C)oc2nc[nH]c(=O)c12)C(=O)O. The molecule has 0 radical (unpaired) electrons. The molecule has 0 saturated carbocycles. The quantitative estimate of drug-likeness (QED) is 0.743. The molecule has 2 heterocycles. The summed E-state index contributed by atoms with van der Waals surface area (Å²) < 4.78 is 5.27. The molecule has 0 aromatic carbocycles. The first kappa shape index (κ1) is 14.8. The average molecular weight is 293 g/mol. The Hall–Kier alpha value is -2.64. The van der Waals surface area contributed by atoms with E-state index < -0.39 is 23.4 Å². The molecule has 0 aliphatic carbocycles. The Labute approximate surface area is 119 Å². The summed E-state index contributed by atoms with van der Waals surface area (Å²) in [5, 5.41) is 11.5. The van der Waals surface area contributed by atoms with Crippen LogP contribution in [0, 0.1) is 12.8 Å². The molecule has 1 unspecified atom stereocenters. The van der Waals surface area contributed by atoms with Gasteiger partial charge in [0.25, 0.3) is 11.5 Å². The number of fused-ring (bicyclic) bond motifs is 1. The van der Waals surface area contributed by atoms with Crippen molar-refractivity contribution < 1.29 is 19.1 Å². The Balaban J connectivity index is 2.30. The molecule has 3 N–H and O–H groups in total. The minimum Gasteiger partial charge on any atom is -0.481 e. The van der Waals surface area contributed by atoms with Crippen molar-refractivity contribution in [1.29, 1.82) is 0 Å². The minimum absolute atomic E-state index is 0.0189. The van der Waals surface area contributed by atoms with Crippen LogP contribution in [0.25, 0.3) is 11.1 Å². The fourth-order valence-corrected chi connectivity index (χ4v) is 2.04. The zero-order valence-electron chi connectivity index (χ0n) is 11.6. The molecule has 2 aromatic rings. The second kappa shape index (κ2) is 5.78. The van der Waals surface area contributed by atoms with Crippen LogP contribution < -0.4 is 10.9 Å². The lowest BCUT2D eigenvalue weighted by Gasteiger charge is -2.10. The third kappa shape index (κ3) is 2.78. The van der Waals surface area contributed by atoms with Crippen molar-refractivity contribution in [3.05, 3.63) is 28.0 Å². The normalized spacial score (nSPS) is 12.3. The highest BCUT2D eigenvalue weighted by Gasteiger charge is 2.23. The minimum atomic E-state index is -0.980. The van der Waals surface area contributed by atoms with E-state index in [1.54, 1.807) is 13.8 Å². The van der Waals surface area contributed by atoms with E-state index in [1.807, 2.05) is 0 Å². The van der Waals surface area contributed by atoms with Crippen molar-refractivity contribution in [2.45, 2.75) is 20.3 Å². The fourth-order valence-electron chi connectivity index (χ4n) is 2.04. The van der Waals surface area contributed by atoms with Gasteiger partial charge < -0.3 is 19.8 Å². The van der Waals surface area contributed by atoms with Gasteiger partial charge in [-0.2, -0.15) is 0 Å². The number of aromatic amines is 1. The first-order valence-corrected chi connectivity index (χ1v) is 6.43. The van der Waals surface area contributed by atoms with E-state index in [9.17, 15) is 14.4 Å². The Morgan fingerprint density at radius 2 is 2.24 bits per heavy atom. The highest BCUT2D eigenvalue weighted by Crippen LogP contribution is 2.20. The zero-order chi connectivity index (χ0) is 15.6. The summed E-state index contributed by atoms with van der Waals surface area (Å²) in [5.74, 6) is -1.95. The number of hydrogen-bond donors (Lipinski definition) is 3. The first-order valence-electron chi connectivity index (χ1n) is 6.43. The van der Waals surface area contributed by atoms with Gasteiger partial charge in [0.15, 0.2) is 0 Å². The number of furan rings is 1. The van der Waals surface area contributed by atoms with Gasteiger partial charge in [-0.15, -0.1) is 0 Å². The number of aliphatic carboxylic acids is 1. The number of H-pyrrole nitrogens is 1. The smallest absolute Gasteiger partial charge is 0.308 e. The Morgan fingerprint density at radius 3 is 2.86 bits per heavy atom. The molecular weight excluding hydrogens is 278 g/mol. The maximum absolute atomic E-state index is 12.2. The number of amides is 1. The molecule has 8 nitrogen and oxygen atoms in total. The van der Waals surface area contributed by atoms with Gasteiger partial charge in [0.05, 0.1) is 17.8 Å². The van der Waals surface area contributed by atoms with Gasteiger partial charge >= 0.3 is 5.97 Å². The topological polar surface area (TPSA) is 125 Å². The Morgan fingerprint density at radius 1 is 1.52 bits per heavy atom. The molecule has 8 heteroatoms. The fraction of sp³-hybridized carbons (Fsp3) is 0.385. The summed E-state index contributed by atoms with van der Waals surface area (Å²) in [6.07, 6.45) is 1.58. The van der Waals surface area contributed by atoms with Gasteiger partial charge in [-0.1, -0.05) is 6.92 Å². The molecule has 0 spiro atoms. The van der Waals surface area contributed by atoms with Crippen LogP contribution in [0.4, 0.5) is 0 Å². The molecule has 0 saturated heterocycles. The monoisotopic (exact) mass is 293 g/mol. The molecule has 0 aliphatic rings. The van der Waals surface area contributed by atoms with Crippen molar-refractivity contribution >= 4 is 23.0 Å². The molecule has 1 atom stereocenters. The van der Waals surface area contributed by atoms with Crippen LogP contribution in [-0.4, -0.2) is 33.5 Å². The van der Waals surface area contributed by atoms with Gasteiger partial charge in [-0.05, 0) is 13.3 Å². The van der Waals surface area contributed by atoms with E-state index >= 15 is 0 Å². The molecule has 2 rings (SSSR count). The number of carbonyl (C=O) groups is 2. The predicted octanol–water partition coefficient (Wildman–Crippen LogP) is 0.665. The molecule has 2 aromatic heterocycles. The standard InChI is InChI=1S/C13H15N3O5/c1-3-7(13(19)20)4-14-10(17)8-6(2)21-12-9(8)11(18)15-5-16-12/h5,7H,3-4H2,1-2H3,(H,14,17)(H,19,20)(H,15,16,18). The van der Waals surface area contributed by atoms with E-state index in [1.165, 1.54) is 6.33 Å². The molecule has 0 aliphatic heterocycles. The van der Waals surface area contributed by atoms with Gasteiger partial charge in [-0.3, -0.25) is 14.4 Å². The molecule has 0 fully saturated rings. The summed E-state index contributed by atoms with van der Waals surface area (Å²) in [7, 11) is 0. The van der Waals surface area contributed by atoms with Crippen molar-refractivity contribution in [3.8, 4) is 0 Å². The Kier molecular flexibility index (Phi) is 4.06. The maximum atomic E-state index is 12.2. The second-order valence-corrected chi connectivity index (χ2v) is 4.60. The number of nitrogens with zero attached hydrogens (tertiary/aromatic N) is 1. The van der Waals surface area contributed by atoms with Crippen molar-refractivity contribution in [2.75, 3.05) is 6.54 Å². The highest BCUT2D eigenvalue weighted by molar-refractivity contribution is 6.06. The predicted molar refractivity (Wildman–Crippen MR) is 73.1 cm³/mol. The van der Waals surface area contributed by atoms with Crippen molar-refractivity contribution in [1.82, 2.24) is 15.3 Å². The lowest BCUT2D eigenvalue weighted by molar-refractivity contribution is -0.141. The van der Waals surface area contributed by atoms with E-state index in [2.05, 4.69) is 15.3 Å². The van der Waals surface area contributed by atoms with Crippen LogP contribution in [-0.2, 0) is 4.79 Å². The lowest BCUT2D eigenvalue weighted by Crippen LogP contribution is -2.33. The molecule has 21 heavy (non-hydrogen) atoms. The Bertz CT molecular complexity index is 746. The number of nitrogens with one attached hydrogen (secondary N) is 2. The number of hydrogen-bond acceptors (Lipinski definition) is 5. The van der Waals surface area contributed by atoms with Gasteiger partial charge in [0.2, 0.25) is 5.71 Å². The summed E-state index contributed by atoms with van der Waals surface area (Å²) in [6.45, 7) is 3.25. The molecule has 0 bridgehead atoms. The van der Waals surface area contributed by atoms with E-state index in [4.69, 9.17) is 9.52 Å².